The maximum atomic E-state index is 13.2. The molecule has 0 aliphatic rings. The highest BCUT2D eigenvalue weighted by Crippen LogP contribution is 2.35. The molecular formula is C25H20FN5O3S. The quantitative estimate of drug-likeness (QED) is 0.383. The van der Waals surface area contributed by atoms with Gasteiger partial charge in [0.1, 0.15) is 17.2 Å². The van der Waals surface area contributed by atoms with E-state index < -0.39 is 0 Å². The Morgan fingerprint density at radius 2 is 1.86 bits per heavy atom. The van der Waals surface area contributed by atoms with Crippen LogP contribution in [0.15, 0.2) is 64.2 Å². The molecule has 35 heavy (non-hydrogen) atoms. The number of benzene rings is 2. The van der Waals surface area contributed by atoms with Crippen molar-refractivity contribution in [2.75, 3.05) is 0 Å². The number of nitrogens with one attached hydrogen (secondary N) is 1. The highest BCUT2D eigenvalue weighted by atomic mass is 32.1. The predicted octanol–water partition coefficient (Wildman–Crippen LogP) is 4.25. The molecule has 0 unspecified atom stereocenters. The Kier molecular flexibility index (Phi) is 5.96. The average molecular weight is 490 g/mol. The highest BCUT2D eigenvalue weighted by molar-refractivity contribution is 7.22. The van der Waals surface area contributed by atoms with Gasteiger partial charge in [-0.15, -0.1) is 11.3 Å². The van der Waals surface area contributed by atoms with Crippen LogP contribution in [-0.4, -0.2) is 25.6 Å². The largest absolute Gasteiger partial charge is 0.350 e. The Labute approximate surface area is 203 Å². The van der Waals surface area contributed by atoms with Gasteiger partial charge >= 0.3 is 0 Å². The van der Waals surface area contributed by atoms with E-state index >= 15 is 0 Å². The van der Waals surface area contributed by atoms with Crippen molar-refractivity contribution in [2.45, 2.75) is 26.9 Å². The van der Waals surface area contributed by atoms with Crippen molar-refractivity contribution in [3.05, 3.63) is 87.7 Å². The number of aromatic nitrogens is 4. The zero-order valence-corrected chi connectivity index (χ0v) is 19.7. The van der Waals surface area contributed by atoms with Crippen LogP contribution >= 0.6 is 11.3 Å². The lowest BCUT2D eigenvalue weighted by Crippen LogP contribution is -2.32. The topological polar surface area (TPSA) is 103 Å². The van der Waals surface area contributed by atoms with Crippen molar-refractivity contribution in [3.8, 4) is 22.2 Å². The summed E-state index contributed by atoms with van der Waals surface area (Å²) in [5.74, 6) is -0.0918. The van der Waals surface area contributed by atoms with Crippen molar-refractivity contribution in [2.24, 2.45) is 0 Å². The molecule has 3 heterocycles. The van der Waals surface area contributed by atoms with Gasteiger partial charge in [-0.25, -0.2) is 9.37 Å². The molecule has 0 fully saturated rings. The molecule has 1 amide bonds. The minimum absolute atomic E-state index is 0.145. The minimum Gasteiger partial charge on any atom is -0.350 e. The Hall–Kier alpha value is -4.18. The second-order valence-electron chi connectivity index (χ2n) is 8.11. The number of carbonyl (C=O) groups is 1. The van der Waals surface area contributed by atoms with Crippen LogP contribution in [0.2, 0.25) is 0 Å². The first kappa shape index (κ1) is 22.6. The highest BCUT2D eigenvalue weighted by Gasteiger charge is 2.21. The van der Waals surface area contributed by atoms with Gasteiger partial charge in [-0.2, -0.15) is 4.98 Å². The fraction of sp³-hybridized carbons (Fsp3) is 0.160. The van der Waals surface area contributed by atoms with Crippen molar-refractivity contribution < 1.29 is 13.7 Å². The third kappa shape index (κ3) is 4.60. The summed E-state index contributed by atoms with van der Waals surface area (Å²) in [4.78, 5) is 35.5. The van der Waals surface area contributed by atoms with Crippen molar-refractivity contribution >= 4 is 27.5 Å². The second-order valence-corrected chi connectivity index (χ2v) is 9.11. The Morgan fingerprint density at radius 3 is 2.60 bits per heavy atom. The molecular weight excluding hydrogens is 469 g/mol. The molecule has 2 aromatic carbocycles. The van der Waals surface area contributed by atoms with Crippen LogP contribution < -0.4 is 10.9 Å². The van der Waals surface area contributed by atoms with Gasteiger partial charge in [-0.1, -0.05) is 35.0 Å². The molecule has 0 saturated carbocycles. The van der Waals surface area contributed by atoms with E-state index in [0.717, 1.165) is 11.1 Å². The molecule has 176 valence electrons. The summed E-state index contributed by atoms with van der Waals surface area (Å²) < 4.78 is 19.9. The minimum atomic E-state index is -0.357. The maximum absolute atomic E-state index is 13.2. The molecule has 0 bridgehead atoms. The molecule has 5 aromatic rings. The molecule has 0 radical (unpaired) electrons. The van der Waals surface area contributed by atoms with E-state index in [2.05, 4.69) is 20.4 Å². The lowest BCUT2D eigenvalue weighted by Gasteiger charge is -2.08. The molecule has 8 nitrogen and oxygen atoms in total. The smallest absolute Gasteiger partial charge is 0.268 e. The first-order chi connectivity index (χ1) is 16.9. The van der Waals surface area contributed by atoms with E-state index in [0.29, 0.717) is 38.6 Å². The Balaban J connectivity index is 1.37. The zero-order chi connectivity index (χ0) is 24.5. The molecule has 0 spiro atoms. The molecule has 0 aliphatic heterocycles. The lowest BCUT2D eigenvalue weighted by molar-refractivity contribution is -0.121. The number of aryl methyl sites for hydroxylation is 2. The molecule has 0 aliphatic carbocycles. The summed E-state index contributed by atoms with van der Waals surface area (Å²) in [5.41, 5.74) is 3.05. The summed E-state index contributed by atoms with van der Waals surface area (Å²) in [6.45, 7) is 4.01. The molecule has 10 heteroatoms. The van der Waals surface area contributed by atoms with Gasteiger partial charge in [0, 0.05) is 12.1 Å². The number of nitrogens with zero attached hydrogens (tertiary/aromatic N) is 4. The number of hydrogen-bond acceptors (Lipinski definition) is 7. The van der Waals surface area contributed by atoms with Crippen LogP contribution in [0.3, 0.4) is 0 Å². The summed E-state index contributed by atoms with van der Waals surface area (Å²) >= 11 is 1.26. The number of fused-ring (bicyclic) bond motifs is 1. The number of carbonyl (C=O) groups excluding carboxylic acids is 1. The SMILES string of the molecule is Cc1ccc(CNC(=O)Cn2cnc3sc(-c4nc(-c5ccc(F)cc5)no4)c(C)c3c2=O)cc1. The third-order valence-corrected chi connectivity index (χ3v) is 6.75. The summed E-state index contributed by atoms with van der Waals surface area (Å²) in [6, 6.07) is 13.6. The zero-order valence-electron chi connectivity index (χ0n) is 18.9. The first-order valence-electron chi connectivity index (χ1n) is 10.8. The van der Waals surface area contributed by atoms with Crippen LogP contribution in [0, 0.1) is 19.7 Å². The van der Waals surface area contributed by atoms with Gasteiger partial charge in [0.05, 0.1) is 16.6 Å². The van der Waals surface area contributed by atoms with Crippen LogP contribution in [0.1, 0.15) is 16.7 Å². The van der Waals surface area contributed by atoms with Gasteiger partial charge < -0.3 is 9.84 Å². The summed E-state index contributed by atoms with van der Waals surface area (Å²) in [5, 5.41) is 7.21. The monoisotopic (exact) mass is 489 g/mol. The third-order valence-electron chi connectivity index (χ3n) is 5.56. The number of halogens is 1. The van der Waals surface area contributed by atoms with Crippen LogP contribution in [0.5, 0.6) is 0 Å². The fourth-order valence-corrected chi connectivity index (χ4v) is 4.69. The predicted molar refractivity (Wildman–Crippen MR) is 130 cm³/mol. The van der Waals surface area contributed by atoms with Crippen LogP contribution in [0.4, 0.5) is 4.39 Å². The molecule has 0 saturated heterocycles. The van der Waals surface area contributed by atoms with E-state index in [9.17, 15) is 14.0 Å². The van der Waals surface area contributed by atoms with E-state index in [1.807, 2.05) is 31.2 Å². The summed E-state index contributed by atoms with van der Waals surface area (Å²) in [6.07, 6.45) is 1.37. The molecule has 5 rings (SSSR count). The number of rotatable bonds is 6. The number of hydrogen-bond donors (Lipinski definition) is 1. The van der Waals surface area contributed by atoms with Gasteiger partial charge in [-0.05, 0) is 49.2 Å². The second kappa shape index (κ2) is 9.22. The maximum Gasteiger partial charge on any atom is 0.268 e. The molecule has 0 atom stereocenters. The van der Waals surface area contributed by atoms with Crippen molar-refractivity contribution in [1.82, 2.24) is 25.0 Å². The van der Waals surface area contributed by atoms with Crippen molar-refractivity contribution in [1.29, 1.82) is 0 Å². The number of amides is 1. The molecule has 3 aromatic heterocycles. The van der Waals surface area contributed by atoms with Gasteiger partial charge in [-0.3, -0.25) is 14.2 Å². The van der Waals surface area contributed by atoms with Crippen molar-refractivity contribution in [3.63, 3.8) is 0 Å². The van der Waals surface area contributed by atoms with Crippen LogP contribution in [-0.2, 0) is 17.9 Å². The average Bonchev–Trinajstić information content (AvgIpc) is 3.46. The Bertz CT molecular complexity index is 1590. The van der Waals surface area contributed by atoms with Gasteiger partial charge in [0.15, 0.2) is 0 Å². The number of thiophene rings is 1. The van der Waals surface area contributed by atoms with Crippen LogP contribution in [0.25, 0.3) is 32.4 Å². The van der Waals surface area contributed by atoms with E-state index in [4.69, 9.17) is 4.52 Å². The fourth-order valence-electron chi connectivity index (χ4n) is 3.62. The normalized spacial score (nSPS) is 11.2. The standard InChI is InChI=1S/C25H20FN5O3S/c1-14-3-5-16(6-4-14)11-27-19(32)12-31-13-28-24-20(25(31)33)15(2)21(35-24)23-29-22(30-34-23)17-7-9-18(26)10-8-17/h3-10,13H,11-12H2,1-2H3,(H,27,32). The van der Waals surface area contributed by atoms with E-state index in [-0.39, 0.29) is 29.7 Å². The van der Waals surface area contributed by atoms with E-state index in [1.54, 1.807) is 19.1 Å². The van der Waals surface area contributed by atoms with Gasteiger partial charge in [0.25, 0.3) is 11.4 Å². The van der Waals surface area contributed by atoms with E-state index in [1.165, 1.54) is 34.4 Å². The van der Waals surface area contributed by atoms with Gasteiger partial charge in [0.2, 0.25) is 11.7 Å². The summed E-state index contributed by atoms with van der Waals surface area (Å²) in [7, 11) is 0. The lowest BCUT2D eigenvalue weighted by atomic mass is 10.1. The Morgan fingerprint density at radius 1 is 1.11 bits per heavy atom. The molecule has 1 N–H and O–H groups in total. The first-order valence-corrected chi connectivity index (χ1v) is 11.6.